The lowest BCUT2D eigenvalue weighted by atomic mass is 9.94. The molecule has 0 spiro atoms. The number of anilines is 1. The highest BCUT2D eigenvalue weighted by atomic mass is 16.5. The molecule has 0 bridgehead atoms. The van der Waals surface area contributed by atoms with Crippen molar-refractivity contribution in [2.24, 2.45) is 15.7 Å². The van der Waals surface area contributed by atoms with Gasteiger partial charge in [0.25, 0.3) is 0 Å². The van der Waals surface area contributed by atoms with Crippen LogP contribution in [0.2, 0.25) is 0 Å². The number of hydrogen-bond donors (Lipinski definition) is 2. The van der Waals surface area contributed by atoms with Gasteiger partial charge in [-0.1, -0.05) is 6.08 Å². The molecule has 4 rings (SSSR count). The lowest BCUT2D eigenvalue weighted by Crippen LogP contribution is -2.56. The second-order valence-electron chi connectivity index (χ2n) is 8.43. The van der Waals surface area contributed by atoms with E-state index in [4.69, 9.17) is 10.5 Å². The van der Waals surface area contributed by atoms with Crippen LogP contribution in [-0.2, 0) is 4.74 Å². The standard InChI is InChI=1S/C22H32N8O/c1-15(2)31-16-3-4-18(23)17(11-16)22(24)19-12-21(28-14-26-19)30-9-7-29(8-10-30)20-5-6-25-13-27-20/h4,6,11-16,20,22H,3,5,7-10,23-24H2,1-2H3/p+1. The summed E-state index contributed by atoms with van der Waals surface area (Å²) in [6.07, 6.45) is 11.4. The second-order valence-corrected chi connectivity index (χ2v) is 8.43. The molecule has 3 atom stereocenters. The van der Waals surface area contributed by atoms with Gasteiger partial charge in [0.15, 0.2) is 6.04 Å². The predicted octanol–water partition coefficient (Wildman–Crippen LogP) is 0.677. The van der Waals surface area contributed by atoms with Gasteiger partial charge in [0.1, 0.15) is 30.3 Å². The zero-order valence-corrected chi connectivity index (χ0v) is 18.4. The van der Waals surface area contributed by atoms with Gasteiger partial charge in [0.2, 0.25) is 0 Å². The van der Waals surface area contributed by atoms with Crippen molar-refractivity contribution < 1.29 is 10.5 Å². The van der Waals surface area contributed by atoms with Crippen LogP contribution in [0.5, 0.6) is 0 Å². The monoisotopic (exact) mass is 425 g/mol. The van der Waals surface area contributed by atoms with Crippen molar-refractivity contribution >= 4 is 18.4 Å². The zero-order chi connectivity index (χ0) is 21.8. The van der Waals surface area contributed by atoms with E-state index in [0.717, 1.165) is 61.8 Å². The van der Waals surface area contributed by atoms with E-state index in [1.54, 1.807) is 12.7 Å². The maximum Gasteiger partial charge on any atom is 0.155 e. The zero-order valence-electron chi connectivity index (χ0n) is 18.4. The van der Waals surface area contributed by atoms with Crippen molar-refractivity contribution in [2.45, 2.75) is 51.1 Å². The Kier molecular flexibility index (Phi) is 6.74. The van der Waals surface area contributed by atoms with Gasteiger partial charge in [0, 0.05) is 56.2 Å². The van der Waals surface area contributed by atoms with Crippen LogP contribution in [0.15, 0.2) is 45.8 Å². The molecule has 2 aliphatic heterocycles. The van der Waals surface area contributed by atoms with E-state index in [2.05, 4.69) is 41.6 Å². The third-order valence-corrected chi connectivity index (χ3v) is 5.91. The second kappa shape index (κ2) is 9.67. The molecule has 0 amide bonds. The van der Waals surface area contributed by atoms with E-state index in [1.807, 2.05) is 32.2 Å². The Labute approximate surface area is 183 Å². The summed E-state index contributed by atoms with van der Waals surface area (Å²) in [4.78, 5) is 22.3. The van der Waals surface area contributed by atoms with Gasteiger partial charge in [-0.05, 0) is 26.3 Å². The molecule has 1 aliphatic carbocycles. The summed E-state index contributed by atoms with van der Waals surface area (Å²) < 4.78 is 5.97. The number of aromatic nitrogens is 2. The van der Waals surface area contributed by atoms with Crippen LogP contribution in [0.25, 0.3) is 0 Å². The van der Waals surface area contributed by atoms with E-state index < -0.39 is 0 Å². The summed E-state index contributed by atoms with van der Waals surface area (Å²) in [5, 5.41) is 0. The minimum Gasteiger partial charge on any atom is -0.399 e. The lowest BCUT2D eigenvalue weighted by Gasteiger charge is -2.38. The number of hydrogen-bond acceptors (Lipinski definition) is 8. The number of quaternary nitrogens is 1. The Morgan fingerprint density at radius 1 is 1.16 bits per heavy atom. The normalized spacial score (nSPS) is 25.5. The van der Waals surface area contributed by atoms with Gasteiger partial charge in [0.05, 0.1) is 12.2 Å². The third-order valence-electron chi connectivity index (χ3n) is 5.91. The van der Waals surface area contributed by atoms with Gasteiger partial charge in [-0.3, -0.25) is 9.89 Å². The molecule has 1 saturated heterocycles. The first-order valence-electron chi connectivity index (χ1n) is 11.0. The maximum atomic E-state index is 6.29. The quantitative estimate of drug-likeness (QED) is 0.691. The summed E-state index contributed by atoms with van der Waals surface area (Å²) in [6.45, 7) is 7.77. The Morgan fingerprint density at radius 3 is 2.68 bits per heavy atom. The van der Waals surface area contributed by atoms with E-state index in [1.165, 1.54) is 0 Å². The predicted molar refractivity (Wildman–Crippen MR) is 122 cm³/mol. The molecule has 31 heavy (non-hydrogen) atoms. The fraction of sp³-hybridized carbons (Fsp3) is 0.545. The van der Waals surface area contributed by atoms with Crippen LogP contribution in [0, 0.1) is 0 Å². The Bertz CT molecular complexity index is 885. The molecule has 1 fully saturated rings. The van der Waals surface area contributed by atoms with Gasteiger partial charge in [-0.2, -0.15) is 0 Å². The summed E-state index contributed by atoms with van der Waals surface area (Å²) in [7, 11) is 0. The summed E-state index contributed by atoms with van der Waals surface area (Å²) >= 11 is 0. The number of nitrogens with zero attached hydrogens (tertiary/aromatic N) is 6. The molecule has 3 unspecified atom stereocenters. The first kappa shape index (κ1) is 21.6. The Balaban J connectivity index is 1.43. The first-order chi connectivity index (χ1) is 15.0. The molecular formula is C22H33N8O+. The topological polar surface area (TPSA) is 120 Å². The van der Waals surface area contributed by atoms with Crippen LogP contribution in [0.1, 0.15) is 38.4 Å². The highest BCUT2D eigenvalue weighted by Gasteiger charge is 2.27. The molecule has 0 saturated carbocycles. The van der Waals surface area contributed by atoms with Crippen LogP contribution in [0.3, 0.4) is 0 Å². The van der Waals surface area contributed by atoms with Crippen molar-refractivity contribution in [3.8, 4) is 0 Å². The molecule has 166 valence electrons. The van der Waals surface area contributed by atoms with Crippen molar-refractivity contribution in [1.29, 1.82) is 0 Å². The van der Waals surface area contributed by atoms with Crippen LogP contribution in [0.4, 0.5) is 5.82 Å². The van der Waals surface area contributed by atoms with Gasteiger partial charge in [-0.15, -0.1) is 0 Å². The number of piperazine rings is 1. The lowest BCUT2D eigenvalue weighted by molar-refractivity contribution is -0.413. The van der Waals surface area contributed by atoms with E-state index in [9.17, 15) is 0 Å². The minimum absolute atomic E-state index is 0.0217. The molecule has 3 heterocycles. The van der Waals surface area contributed by atoms with Crippen LogP contribution < -0.4 is 16.4 Å². The third kappa shape index (κ3) is 5.17. The number of rotatable bonds is 6. The highest BCUT2D eigenvalue weighted by molar-refractivity contribution is 5.75. The number of ether oxygens (including phenoxy) is 1. The van der Waals surface area contributed by atoms with Gasteiger partial charge < -0.3 is 21.1 Å². The maximum absolute atomic E-state index is 6.29. The smallest absolute Gasteiger partial charge is 0.155 e. The molecule has 3 aliphatic rings. The Hall–Kier alpha value is -2.62. The van der Waals surface area contributed by atoms with Crippen molar-refractivity contribution in [1.82, 2.24) is 14.9 Å². The molecule has 0 radical (unpaired) electrons. The fourth-order valence-electron chi connectivity index (χ4n) is 4.24. The summed E-state index contributed by atoms with van der Waals surface area (Å²) in [5.74, 6) is 0.931. The largest absolute Gasteiger partial charge is 0.399 e. The number of nitrogens with two attached hydrogens (primary N) is 1. The van der Waals surface area contributed by atoms with E-state index in [0.29, 0.717) is 0 Å². The minimum atomic E-state index is -0.172. The van der Waals surface area contributed by atoms with Crippen LogP contribution in [-0.4, -0.2) is 72.0 Å². The van der Waals surface area contributed by atoms with Crippen LogP contribution >= 0.6 is 0 Å². The summed E-state index contributed by atoms with van der Waals surface area (Å²) in [5.41, 5.74) is 13.3. The van der Waals surface area contributed by atoms with Gasteiger partial charge >= 0.3 is 0 Å². The Morgan fingerprint density at radius 2 is 1.97 bits per heavy atom. The SMILES string of the molecule is CC(C)OC1C=C(C([NH3+])c2cc(N3CCN(C4CC=NC=N4)CC3)ncn2)C(N)=CC1. The highest BCUT2D eigenvalue weighted by Crippen LogP contribution is 2.28. The molecule has 9 nitrogen and oxygen atoms in total. The van der Waals surface area contributed by atoms with Gasteiger partial charge in [-0.25, -0.2) is 15.0 Å². The van der Waals surface area contributed by atoms with E-state index in [-0.39, 0.29) is 24.4 Å². The number of aliphatic imine (C=N–C) groups is 2. The molecule has 1 aromatic heterocycles. The van der Waals surface area contributed by atoms with Crippen molar-refractivity contribution in [3.63, 3.8) is 0 Å². The molecule has 0 aromatic carbocycles. The molecular weight excluding hydrogens is 392 g/mol. The average Bonchev–Trinajstić information content (AvgIpc) is 2.80. The first-order valence-corrected chi connectivity index (χ1v) is 11.0. The average molecular weight is 426 g/mol. The molecule has 1 aromatic rings. The van der Waals surface area contributed by atoms with Crippen molar-refractivity contribution in [3.05, 3.63) is 41.5 Å². The van der Waals surface area contributed by atoms with Crippen molar-refractivity contribution in [2.75, 3.05) is 31.1 Å². The molecule has 9 heteroatoms. The van der Waals surface area contributed by atoms with E-state index >= 15 is 0 Å². The fourth-order valence-corrected chi connectivity index (χ4v) is 4.24. The summed E-state index contributed by atoms with van der Waals surface area (Å²) in [6, 6.07) is 1.87. The molecule has 5 N–H and O–H groups in total.